The summed E-state index contributed by atoms with van der Waals surface area (Å²) in [6.45, 7) is 8.08. The molecule has 0 aromatic heterocycles. The van der Waals surface area contributed by atoms with Gasteiger partial charge in [-0.3, -0.25) is 14.5 Å². The standard InChI is InChI=1S/C26H27N3O3S/c1-5-14-28-24(30)22(16-27)26-29(20-10-12-21(32-4)13-11-20)25(31)23(33-26)15-18-6-8-19(9-7-18)17(2)3/h5-13,17,23H,1,14-15H2,2-4H3,(H,28,30)/b26-22-. The van der Waals surface area contributed by atoms with Crippen LogP contribution in [0.2, 0.25) is 0 Å². The largest absolute Gasteiger partial charge is 0.497 e. The van der Waals surface area contributed by atoms with Crippen LogP contribution in [0.25, 0.3) is 0 Å². The van der Waals surface area contributed by atoms with Crippen LogP contribution in [0, 0.1) is 11.3 Å². The highest BCUT2D eigenvalue weighted by atomic mass is 32.2. The lowest BCUT2D eigenvalue weighted by atomic mass is 10.00. The minimum atomic E-state index is -0.534. The molecule has 0 spiro atoms. The SMILES string of the molecule is C=CCNC(=O)/C(C#N)=C1\SC(Cc2ccc(C(C)C)cc2)C(=O)N1c1ccc(OC)cc1. The summed E-state index contributed by atoms with van der Waals surface area (Å²) in [5.74, 6) is 0.369. The van der Waals surface area contributed by atoms with Crippen LogP contribution in [0.1, 0.15) is 30.9 Å². The quantitative estimate of drug-likeness (QED) is 0.354. The second-order valence-corrected chi connectivity index (χ2v) is 9.06. The Hall–Kier alpha value is -3.50. The fourth-order valence-corrected chi connectivity index (χ4v) is 4.77. The summed E-state index contributed by atoms with van der Waals surface area (Å²) in [6.07, 6.45) is 2.03. The third kappa shape index (κ3) is 5.47. The normalized spacial score (nSPS) is 17.0. The number of methoxy groups -OCH3 is 1. The number of benzene rings is 2. The number of nitriles is 1. The van der Waals surface area contributed by atoms with Gasteiger partial charge >= 0.3 is 0 Å². The van der Waals surface area contributed by atoms with Crippen molar-refractivity contribution in [1.29, 1.82) is 5.26 Å². The van der Waals surface area contributed by atoms with E-state index >= 15 is 0 Å². The lowest BCUT2D eigenvalue weighted by Crippen LogP contribution is -2.32. The van der Waals surface area contributed by atoms with E-state index < -0.39 is 11.2 Å². The molecule has 3 rings (SSSR count). The lowest BCUT2D eigenvalue weighted by Gasteiger charge is -2.19. The monoisotopic (exact) mass is 461 g/mol. The van der Waals surface area contributed by atoms with Crippen molar-refractivity contribution >= 4 is 29.3 Å². The van der Waals surface area contributed by atoms with Crippen molar-refractivity contribution in [3.8, 4) is 11.8 Å². The molecule has 1 fully saturated rings. The molecule has 33 heavy (non-hydrogen) atoms. The van der Waals surface area contributed by atoms with Crippen molar-refractivity contribution in [3.63, 3.8) is 0 Å². The van der Waals surface area contributed by atoms with Gasteiger partial charge in [-0.15, -0.1) is 6.58 Å². The van der Waals surface area contributed by atoms with Gasteiger partial charge in [0.2, 0.25) is 5.91 Å². The maximum Gasteiger partial charge on any atom is 0.264 e. The Bertz CT molecular complexity index is 1100. The molecule has 0 radical (unpaired) electrons. The first-order valence-corrected chi connectivity index (χ1v) is 11.5. The van der Waals surface area contributed by atoms with Crippen molar-refractivity contribution in [2.24, 2.45) is 0 Å². The number of anilines is 1. The average Bonchev–Trinajstić information content (AvgIpc) is 3.13. The summed E-state index contributed by atoms with van der Waals surface area (Å²) in [5.41, 5.74) is 2.74. The van der Waals surface area contributed by atoms with E-state index in [4.69, 9.17) is 4.74 Å². The zero-order valence-electron chi connectivity index (χ0n) is 19.0. The molecule has 1 aliphatic heterocycles. The predicted molar refractivity (Wildman–Crippen MR) is 132 cm³/mol. The number of ether oxygens (including phenoxy) is 1. The summed E-state index contributed by atoms with van der Waals surface area (Å²) in [7, 11) is 1.56. The molecule has 1 aliphatic rings. The Kier molecular flexibility index (Phi) is 7.96. The highest BCUT2D eigenvalue weighted by Gasteiger charge is 2.40. The van der Waals surface area contributed by atoms with Crippen LogP contribution in [0.5, 0.6) is 5.75 Å². The van der Waals surface area contributed by atoms with Gasteiger partial charge in [-0.1, -0.05) is 56.0 Å². The third-order valence-electron chi connectivity index (χ3n) is 5.31. The number of nitrogens with zero attached hydrogens (tertiary/aromatic N) is 2. The van der Waals surface area contributed by atoms with E-state index in [1.165, 1.54) is 28.3 Å². The highest BCUT2D eigenvalue weighted by molar-refractivity contribution is 8.05. The molecule has 1 unspecified atom stereocenters. The zero-order valence-corrected chi connectivity index (χ0v) is 19.8. The fraction of sp³-hybridized carbons (Fsp3) is 0.269. The molecular weight excluding hydrogens is 434 g/mol. The van der Waals surface area contributed by atoms with Crippen molar-refractivity contribution in [2.45, 2.75) is 31.4 Å². The van der Waals surface area contributed by atoms with E-state index in [9.17, 15) is 14.9 Å². The van der Waals surface area contributed by atoms with Gasteiger partial charge in [-0.25, -0.2) is 0 Å². The average molecular weight is 462 g/mol. The Balaban J connectivity index is 1.98. The topological polar surface area (TPSA) is 82.4 Å². The maximum absolute atomic E-state index is 13.5. The number of carbonyl (C=O) groups is 2. The van der Waals surface area contributed by atoms with Crippen LogP contribution >= 0.6 is 11.8 Å². The van der Waals surface area contributed by atoms with E-state index in [-0.39, 0.29) is 18.0 Å². The van der Waals surface area contributed by atoms with E-state index in [0.717, 1.165) is 5.56 Å². The summed E-state index contributed by atoms with van der Waals surface area (Å²) in [6, 6.07) is 17.2. The fourth-order valence-electron chi connectivity index (χ4n) is 3.46. The number of hydrogen-bond donors (Lipinski definition) is 1. The first-order chi connectivity index (χ1) is 15.9. The number of thioether (sulfide) groups is 1. The third-order valence-corrected chi connectivity index (χ3v) is 6.57. The first kappa shape index (κ1) is 24.1. The van der Waals surface area contributed by atoms with Crippen molar-refractivity contribution in [3.05, 3.63) is 82.9 Å². The molecule has 0 aliphatic carbocycles. The summed E-state index contributed by atoms with van der Waals surface area (Å²) in [4.78, 5) is 27.6. The minimum Gasteiger partial charge on any atom is -0.497 e. The van der Waals surface area contributed by atoms with E-state index in [1.807, 2.05) is 18.2 Å². The second kappa shape index (κ2) is 10.9. The minimum absolute atomic E-state index is 0.0938. The van der Waals surface area contributed by atoms with Crippen LogP contribution in [-0.2, 0) is 16.0 Å². The van der Waals surface area contributed by atoms with Crippen molar-refractivity contribution < 1.29 is 14.3 Å². The molecule has 7 heteroatoms. The molecule has 2 aromatic rings. The molecule has 0 saturated carbocycles. The molecule has 170 valence electrons. The Morgan fingerprint density at radius 1 is 1.24 bits per heavy atom. The molecule has 0 bridgehead atoms. The number of carbonyl (C=O) groups excluding carboxylic acids is 2. The Morgan fingerprint density at radius 3 is 2.45 bits per heavy atom. The lowest BCUT2D eigenvalue weighted by molar-refractivity contribution is -0.117. The van der Waals surface area contributed by atoms with Crippen LogP contribution < -0.4 is 15.0 Å². The number of nitrogens with one attached hydrogen (secondary N) is 1. The number of amides is 2. The molecular formula is C26H27N3O3S. The van der Waals surface area contributed by atoms with Gasteiger partial charge < -0.3 is 10.1 Å². The van der Waals surface area contributed by atoms with E-state index in [2.05, 4.69) is 37.9 Å². The van der Waals surface area contributed by atoms with Crippen molar-refractivity contribution in [1.82, 2.24) is 5.32 Å². The Labute approximate surface area is 198 Å². The summed E-state index contributed by atoms with van der Waals surface area (Å²) < 4.78 is 5.22. The zero-order chi connectivity index (χ0) is 24.0. The molecule has 1 N–H and O–H groups in total. The van der Waals surface area contributed by atoms with Gasteiger partial charge in [0.1, 0.15) is 22.4 Å². The second-order valence-electron chi connectivity index (χ2n) is 7.87. The predicted octanol–water partition coefficient (Wildman–Crippen LogP) is 4.55. The summed E-state index contributed by atoms with van der Waals surface area (Å²) in [5, 5.41) is 12.3. The molecule has 1 atom stereocenters. The number of rotatable bonds is 8. The van der Waals surface area contributed by atoms with Crippen LogP contribution in [-0.4, -0.2) is 30.7 Å². The van der Waals surface area contributed by atoms with Crippen LogP contribution in [0.15, 0.2) is 71.8 Å². The van der Waals surface area contributed by atoms with Crippen LogP contribution in [0.4, 0.5) is 5.69 Å². The smallest absolute Gasteiger partial charge is 0.264 e. The van der Waals surface area contributed by atoms with E-state index in [1.54, 1.807) is 31.4 Å². The highest BCUT2D eigenvalue weighted by Crippen LogP contribution is 2.42. The maximum atomic E-state index is 13.5. The number of hydrogen-bond acceptors (Lipinski definition) is 5. The molecule has 2 amide bonds. The van der Waals surface area contributed by atoms with Gasteiger partial charge in [0, 0.05) is 12.2 Å². The van der Waals surface area contributed by atoms with E-state index in [0.29, 0.717) is 28.8 Å². The first-order valence-electron chi connectivity index (χ1n) is 10.7. The van der Waals surface area contributed by atoms with Crippen LogP contribution in [0.3, 0.4) is 0 Å². The Morgan fingerprint density at radius 2 is 1.91 bits per heavy atom. The molecule has 1 saturated heterocycles. The van der Waals surface area contributed by atoms with Gasteiger partial charge in [0.05, 0.1) is 12.4 Å². The molecule has 1 heterocycles. The summed E-state index contributed by atoms with van der Waals surface area (Å²) >= 11 is 1.25. The van der Waals surface area contributed by atoms with Gasteiger partial charge in [-0.05, 0) is 47.7 Å². The van der Waals surface area contributed by atoms with Gasteiger partial charge in [0.25, 0.3) is 5.91 Å². The molecule has 6 nitrogen and oxygen atoms in total. The van der Waals surface area contributed by atoms with Gasteiger partial charge in [0.15, 0.2) is 0 Å². The van der Waals surface area contributed by atoms with Crippen molar-refractivity contribution in [2.75, 3.05) is 18.6 Å². The molecule has 2 aromatic carbocycles. The van der Waals surface area contributed by atoms with Gasteiger partial charge in [-0.2, -0.15) is 5.26 Å².